The molecule has 0 saturated carbocycles. The Balaban J connectivity index is 1.72. The van der Waals surface area contributed by atoms with E-state index in [1.165, 1.54) is 4.79 Å². The fourth-order valence-corrected chi connectivity index (χ4v) is 2.35. The molecule has 3 rings (SSSR count). The van der Waals surface area contributed by atoms with Gasteiger partial charge in [-0.1, -0.05) is 46.3 Å². The summed E-state index contributed by atoms with van der Waals surface area (Å²) in [5.41, 5.74) is 5.76. The summed E-state index contributed by atoms with van der Waals surface area (Å²) >= 11 is 3.35. The van der Waals surface area contributed by atoms with Crippen molar-refractivity contribution >= 4 is 27.6 Å². The maximum atomic E-state index is 12.0. The van der Waals surface area contributed by atoms with Crippen LogP contribution in [0.4, 0.5) is 10.5 Å². The second-order valence-electron chi connectivity index (χ2n) is 4.87. The lowest BCUT2D eigenvalue weighted by atomic mass is 10.1. The number of anilines is 1. The van der Waals surface area contributed by atoms with Gasteiger partial charge < -0.3 is 5.32 Å². The Morgan fingerprint density at radius 1 is 1.09 bits per heavy atom. The van der Waals surface area contributed by atoms with Gasteiger partial charge in [0.15, 0.2) is 0 Å². The van der Waals surface area contributed by atoms with Crippen molar-refractivity contribution in [3.63, 3.8) is 0 Å². The molecule has 0 bridgehead atoms. The fraction of sp³-hybridized carbons (Fsp3) is 0.0625. The summed E-state index contributed by atoms with van der Waals surface area (Å²) in [6, 6.07) is 16.6. The van der Waals surface area contributed by atoms with Gasteiger partial charge in [-0.15, -0.1) is 5.10 Å². The Morgan fingerprint density at radius 3 is 2.48 bits per heavy atom. The number of carbonyl (C=O) groups is 1. The number of amides is 2. The van der Waals surface area contributed by atoms with Gasteiger partial charge in [0.1, 0.15) is 5.69 Å². The van der Waals surface area contributed by atoms with Crippen molar-refractivity contribution in [1.29, 1.82) is 0 Å². The average Bonchev–Trinajstić information content (AvgIpc) is 2.91. The van der Waals surface area contributed by atoms with E-state index in [4.69, 9.17) is 0 Å². The van der Waals surface area contributed by atoms with Crippen molar-refractivity contribution in [3.05, 3.63) is 64.8 Å². The molecule has 2 amide bonds. The molecule has 0 saturated heterocycles. The van der Waals surface area contributed by atoms with Crippen molar-refractivity contribution in [2.24, 2.45) is 0 Å². The molecular formula is C16H14BrN5O. The number of rotatable bonds is 3. The summed E-state index contributed by atoms with van der Waals surface area (Å²) < 4.78 is 0.947. The molecule has 0 radical (unpaired) electrons. The van der Waals surface area contributed by atoms with E-state index in [1.807, 2.05) is 49.4 Å². The molecule has 3 aromatic rings. The summed E-state index contributed by atoms with van der Waals surface area (Å²) in [6.45, 7) is 1.85. The van der Waals surface area contributed by atoms with Crippen molar-refractivity contribution in [3.8, 4) is 11.3 Å². The van der Waals surface area contributed by atoms with Crippen LogP contribution in [-0.4, -0.2) is 21.1 Å². The van der Waals surface area contributed by atoms with Crippen molar-refractivity contribution in [1.82, 2.24) is 15.1 Å². The summed E-state index contributed by atoms with van der Waals surface area (Å²) in [5, 5.41) is 10.8. The van der Waals surface area contributed by atoms with E-state index in [1.54, 1.807) is 12.1 Å². The van der Waals surface area contributed by atoms with Gasteiger partial charge in [-0.3, -0.25) is 0 Å². The number of urea groups is 1. The number of carbonyl (C=O) groups excluding carboxylic acids is 1. The third-order valence-electron chi connectivity index (χ3n) is 3.25. The zero-order valence-electron chi connectivity index (χ0n) is 12.3. The van der Waals surface area contributed by atoms with Crippen molar-refractivity contribution in [2.45, 2.75) is 6.92 Å². The van der Waals surface area contributed by atoms with E-state index in [9.17, 15) is 4.79 Å². The largest absolute Gasteiger partial charge is 0.339 e. The lowest BCUT2D eigenvalue weighted by molar-refractivity contribution is 0.259. The zero-order chi connectivity index (χ0) is 16.2. The molecule has 23 heavy (non-hydrogen) atoms. The highest BCUT2D eigenvalue weighted by Crippen LogP contribution is 2.19. The summed E-state index contributed by atoms with van der Waals surface area (Å²) in [5.74, 6) is 0. The Morgan fingerprint density at radius 2 is 1.78 bits per heavy atom. The molecule has 0 atom stereocenters. The molecule has 0 unspecified atom stereocenters. The van der Waals surface area contributed by atoms with E-state index in [0.29, 0.717) is 5.69 Å². The predicted molar refractivity (Wildman–Crippen MR) is 92.7 cm³/mol. The van der Waals surface area contributed by atoms with Gasteiger partial charge in [0.2, 0.25) is 0 Å². The van der Waals surface area contributed by atoms with Crippen LogP contribution in [0.3, 0.4) is 0 Å². The molecule has 0 aliphatic carbocycles. The van der Waals surface area contributed by atoms with Gasteiger partial charge in [-0.05, 0) is 36.4 Å². The Hall–Kier alpha value is -2.67. The first-order valence-electron chi connectivity index (χ1n) is 6.95. The molecule has 2 aromatic carbocycles. The van der Waals surface area contributed by atoms with Gasteiger partial charge in [0.05, 0.1) is 5.69 Å². The van der Waals surface area contributed by atoms with Crippen LogP contribution in [0.2, 0.25) is 0 Å². The molecule has 0 spiro atoms. The number of hydrogen-bond donors (Lipinski definition) is 2. The highest BCUT2D eigenvalue weighted by Gasteiger charge is 2.12. The second-order valence-corrected chi connectivity index (χ2v) is 5.79. The average molecular weight is 372 g/mol. The predicted octanol–water partition coefficient (Wildman–Crippen LogP) is 3.79. The number of hydrogen-bond acceptors (Lipinski definition) is 3. The molecule has 7 heteroatoms. The lowest BCUT2D eigenvalue weighted by Crippen LogP contribution is -2.29. The van der Waals surface area contributed by atoms with Crippen molar-refractivity contribution < 1.29 is 4.79 Å². The number of benzene rings is 2. The van der Waals surface area contributed by atoms with Crippen LogP contribution in [0.15, 0.2) is 59.1 Å². The Labute approximate surface area is 141 Å². The van der Waals surface area contributed by atoms with E-state index in [0.717, 1.165) is 21.4 Å². The molecule has 0 fully saturated rings. The molecule has 1 heterocycles. The van der Waals surface area contributed by atoms with E-state index in [2.05, 4.69) is 37.0 Å². The summed E-state index contributed by atoms with van der Waals surface area (Å²) in [6.07, 6.45) is 0. The van der Waals surface area contributed by atoms with Crippen LogP contribution >= 0.6 is 15.9 Å². The van der Waals surface area contributed by atoms with E-state index >= 15 is 0 Å². The number of halogens is 1. The highest BCUT2D eigenvalue weighted by atomic mass is 79.9. The molecule has 1 aromatic heterocycles. The molecule has 6 nitrogen and oxygen atoms in total. The summed E-state index contributed by atoms with van der Waals surface area (Å²) in [7, 11) is 0. The molecular weight excluding hydrogens is 358 g/mol. The van der Waals surface area contributed by atoms with Gasteiger partial charge in [0.25, 0.3) is 0 Å². The minimum absolute atomic E-state index is 0.389. The van der Waals surface area contributed by atoms with Crippen LogP contribution in [0.1, 0.15) is 5.69 Å². The van der Waals surface area contributed by atoms with Gasteiger partial charge >= 0.3 is 6.03 Å². The third-order valence-corrected chi connectivity index (χ3v) is 3.78. The molecule has 116 valence electrons. The smallest absolute Gasteiger partial charge is 0.307 e. The van der Waals surface area contributed by atoms with Crippen LogP contribution in [0.5, 0.6) is 0 Å². The van der Waals surface area contributed by atoms with E-state index < -0.39 is 0 Å². The zero-order valence-corrected chi connectivity index (χ0v) is 13.9. The number of nitrogens with zero attached hydrogens (tertiary/aromatic N) is 3. The van der Waals surface area contributed by atoms with Crippen LogP contribution < -0.4 is 10.7 Å². The topological polar surface area (TPSA) is 71.8 Å². The minimum Gasteiger partial charge on any atom is -0.307 e. The molecule has 0 aliphatic rings. The number of aromatic nitrogens is 3. The third kappa shape index (κ3) is 3.57. The van der Waals surface area contributed by atoms with Gasteiger partial charge in [0, 0.05) is 15.7 Å². The van der Waals surface area contributed by atoms with Crippen LogP contribution in [-0.2, 0) is 0 Å². The maximum Gasteiger partial charge on any atom is 0.339 e. The molecule has 2 N–H and O–H groups in total. The number of nitrogens with one attached hydrogen (secondary N) is 2. The maximum absolute atomic E-state index is 12.0. The Kier molecular flexibility index (Phi) is 4.38. The first-order valence-corrected chi connectivity index (χ1v) is 7.74. The van der Waals surface area contributed by atoms with Crippen LogP contribution in [0.25, 0.3) is 11.3 Å². The fourth-order valence-electron chi connectivity index (χ4n) is 2.09. The van der Waals surface area contributed by atoms with E-state index in [-0.39, 0.29) is 6.03 Å². The molecule has 0 aliphatic heterocycles. The minimum atomic E-state index is -0.389. The summed E-state index contributed by atoms with van der Waals surface area (Å²) in [4.78, 5) is 13.4. The monoisotopic (exact) mass is 371 g/mol. The van der Waals surface area contributed by atoms with Crippen LogP contribution in [0, 0.1) is 6.92 Å². The highest BCUT2D eigenvalue weighted by molar-refractivity contribution is 9.10. The van der Waals surface area contributed by atoms with Gasteiger partial charge in [-0.2, -0.15) is 4.79 Å². The van der Waals surface area contributed by atoms with Gasteiger partial charge in [-0.25, -0.2) is 10.2 Å². The lowest BCUT2D eigenvalue weighted by Gasteiger charge is -2.08. The quantitative estimate of drug-likeness (QED) is 0.735. The Bertz CT molecular complexity index is 814. The second kappa shape index (κ2) is 6.62. The normalized spacial score (nSPS) is 10.3. The standard InChI is InChI=1S/C16H14BrN5O/c1-11-15(12-5-3-2-4-6-12)19-21-22(11)20-16(23)18-14-9-7-13(17)8-10-14/h2-10H,1H3,(H2,18,20,23). The van der Waals surface area contributed by atoms with Crippen molar-refractivity contribution in [2.75, 3.05) is 10.7 Å². The SMILES string of the molecule is Cc1c(-c2ccccc2)nnn1NC(=O)Nc1ccc(Br)cc1. The first kappa shape index (κ1) is 15.2. The first-order chi connectivity index (χ1) is 11.1.